The summed E-state index contributed by atoms with van der Waals surface area (Å²) in [6.45, 7) is 3.06. The fourth-order valence-corrected chi connectivity index (χ4v) is 2.77. The number of rotatable bonds is 8. The Kier molecular flexibility index (Phi) is 6.82. The van der Waals surface area contributed by atoms with Gasteiger partial charge < -0.3 is 15.4 Å². The van der Waals surface area contributed by atoms with Gasteiger partial charge in [-0.25, -0.2) is 0 Å². The minimum Gasteiger partial charge on any atom is -0.494 e. The van der Waals surface area contributed by atoms with Gasteiger partial charge in [-0.2, -0.15) is 0 Å². The summed E-state index contributed by atoms with van der Waals surface area (Å²) in [6.07, 6.45) is 1.56. The van der Waals surface area contributed by atoms with Crippen molar-refractivity contribution in [2.75, 3.05) is 20.2 Å². The smallest absolute Gasteiger partial charge is 0.253 e. The lowest BCUT2D eigenvalue weighted by molar-refractivity contribution is 0.0725. The van der Waals surface area contributed by atoms with Gasteiger partial charge >= 0.3 is 0 Å². The number of carbonyl (C=O) groups excluding carboxylic acids is 1. The molecule has 0 spiro atoms. The van der Waals surface area contributed by atoms with Crippen LogP contribution in [0.5, 0.6) is 5.75 Å². The molecular weight excluding hydrogens is 300 g/mol. The van der Waals surface area contributed by atoms with Crippen LogP contribution in [0.25, 0.3) is 0 Å². The highest BCUT2D eigenvalue weighted by Crippen LogP contribution is 2.18. The predicted octanol–water partition coefficient (Wildman–Crippen LogP) is 3.12. The van der Waals surface area contributed by atoms with Crippen LogP contribution in [0.1, 0.15) is 29.3 Å². The summed E-state index contributed by atoms with van der Waals surface area (Å²) in [4.78, 5) is 14.6. The lowest BCUT2D eigenvalue weighted by atomic mass is 10.0. The average molecular weight is 326 g/mol. The van der Waals surface area contributed by atoms with Crippen molar-refractivity contribution in [3.63, 3.8) is 0 Å². The van der Waals surface area contributed by atoms with Crippen LogP contribution in [0, 0.1) is 0 Å². The van der Waals surface area contributed by atoms with Crippen molar-refractivity contribution < 1.29 is 9.53 Å². The Morgan fingerprint density at radius 1 is 1.17 bits per heavy atom. The van der Waals surface area contributed by atoms with Crippen molar-refractivity contribution in [2.45, 2.75) is 25.8 Å². The van der Waals surface area contributed by atoms with E-state index in [0.29, 0.717) is 18.7 Å². The van der Waals surface area contributed by atoms with E-state index in [9.17, 15) is 4.79 Å². The Balaban J connectivity index is 2.14. The van der Waals surface area contributed by atoms with Crippen LogP contribution in [-0.2, 0) is 6.42 Å². The lowest BCUT2D eigenvalue weighted by Crippen LogP contribution is -2.39. The maximum Gasteiger partial charge on any atom is 0.253 e. The molecule has 0 saturated carbocycles. The van der Waals surface area contributed by atoms with E-state index >= 15 is 0 Å². The molecule has 128 valence electrons. The quantitative estimate of drug-likeness (QED) is 0.811. The van der Waals surface area contributed by atoms with Gasteiger partial charge in [0.1, 0.15) is 5.75 Å². The van der Waals surface area contributed by atoms with E-state index < -0.39 is 0 Å². The minimum atomic E-state index is -0.00839. The monoisotopic (exact) mass is 326 g/mol. The summed E-state index contributed by atoms with van der Waals surface area (Å²) in [7, 11) is 1.85. The van der Waals surface area contributed by atoms with Crippen LogP contribution in [0.3, 0.4) is 0 Å². The molecule has 1 amide bonds. The molecule has 2 aromatic rings. The van der Waals surface area contributed by atoms with Crippen molar-refractivity contribution >= 4 is 5.91 Å². The second-order valence-electron chi connectivity index (χ2n) is 5.80. The second-order valence-corrected chi connectivity index (χ2v) is 5.80. The highest BCUT2D eigenvalue weighted by Gasteiger charge is 2.21. The summed E-state index contributed by atoms with van der Waals surface area (Å²) in [6, 6.07) is 17.6. The normalized spacial score (nSPS) is 11.8. The van der Waals surface area contributed by atoms with Gasteiger partial charge in [0.2, 0.25) is 0 Å². The molecule has 0 aliphatic carbocycles. The molecule has 1 atom stereocenters. The predicted molar refractivity (Wildman–Crippen MR) is 97.3 cm³/mol. The molecular formula is C20H26N2O2. The largest absolute Gasteiger partial charge is 0.494 e. The van der Waals surface area contributed by atoms with Gasteiger partial charge in [0.15, 0.2) is 0 Å². The van der Waals surface area contributed by atoms with E-state index in [0.717, 1.165) is 18.6 Å². The molecule has 0 saturated heterocycles. The summed E-state index contributed by atoms with van der Waals surface area (Å²) in [5, 5.41) is 0. The van der Waals surface area contributed by atoms with Crippen LogP contribution in [-0.4, -0.2) is 37.0 Å². The number of nitrogens with two attached hydrogens (primary N) is 1. The number of nitrogens with zero attached hydrogens (tertiary/aromatic N) is 1. The first-order chi connectivity index (χ1) is 11.7. The van der Waals surface area contributed by atoms with Crippen LogP contribution in [0.15, 0.2) is 54.6 Å². The third-order valence-corrected chi connectivity index (χ3v) is 4.07. The molecule has 0 aliphatic heterocycles. The molecule has 0 bridgehead atoms. The molecule has 2 aromatic carbocycles. The summed E-state index contributed by atoms with van der Waals surface area (Å²) in [5.74, 6) is 0.709. The van der Waals surface area contributed by atoms with Crippen molar-refractivity contribution in [2.24, 2.45) is 5.73 Å². The van der Waals surface area contributed by atoms with E-state index in [-0.39, 0.29) is 11.9 Å². The van der Waals surface area contributed by atoms with Crippen molar-refractivity contribution in [3.8, 4) is 5.75 Å². The van der Waals surface area contributed by atoms with Crippen LogP contribution in [0.2, 0.25) is 0 Å². The van der Waals surface area contributed by atoms with Crippen LogP contribution < -0.4 is 10.5 Å². The maximum atomic E-state index is 12.8. The van der Waals surface area contributed by atoms with E-state index in [1.54, 1.807) is 11.0 Å². The topological polar surface area (TPSA) is 55.6 Å². The standard InChI is InChI=1S/C20H26N2O2/c1-3-24-19-11-7-10-17(15-19)20(23)22(2)18(12-13-21)14-16-8-5-4-6-9-16/h4-11,15,18H,3,12-14,21H2,1-2H3/t18-/m1/s1. The van der Waals surface area contributed by atoms with Crippen LogP contribution >= 0.6 is 0 Å². The number of amides is 1. The zero-order valence-electron chi connectivity index (χ0n) is 14.4. The van der Waals surface area contributed by atoms with Gasteiger partial charge in [-0.15, -0.1) is 0 Å². The number of likely N-dealkylation sites (N-methyl/N-ethyl adjacent to an activating group) is 1. The molecule has 0 fully saturated rings. The van der Waals surface area contributed by atoms with Gasteiger partial charge in [-0.1, -0.05) is 36.4 Å². The summed E-state index contributed by atoms with van der Waals surface area (Å²) in [5.41, 5.74) is 7.61. The first-order valence-corrected chi connectivity index (χ1v) is 8.39. The zero-order chi connectivity index (χ0) is 17.4. The maximum absolute atomic E-state index is 12.8. The number of hydrogen-bond acceptors (Lipinski definition) is 3. The van der Waals surface area contributed by atoms with Gasteiger partial charge in [-0.3, -0.25) is 4.79 Å². The van der Waals surface area contributed by atoms with Crippen molar-refractivity contribution in [1.82, 2.24) is 4.90 Å². The van der Waals surface area contributed by atoms with E-state index in [1.807, 2.05) is 50.4 Å². The molecule has 0 aliphatic rings. The summed E-state index contributed by atoms with van der Waals surface area (Å²) >= 11 is 0. The van der Waals surface area contributed by atoms with Crippen LogP contribution in [0.4, 0.5) is 0 Å². The molecule has 2 N–H and O–H groups in total. The lowest BCUT2D eigenvalue weighted by Gasteiger charge is -2.28. The fourth-order valence-electron chi connectivity index (χ4n) is 2.77. The Labute approximate surface area is 144 Å². The van der Waals surface area contributed by atoms with E-state index in [1.165, 1.54) is 5.56 Å². The van der Waals surface area contributed by atoms with Gasteiger partial charge in [0.05, 0.1) is 6.61 Å². The van der Waals surface area contributed by atoms with E-state index in [4.69, 9.17) is 10.5 Å². The molecule has 24 heavy (non-hydrogen) atoms. The first-order valence-electron chi connectivity index (χ1n) is 8.39. The third-order valence-electron chi connectivity index (χ3n) is 4.07. The molecule has 2 rings (SSSR count). The highest BCUT2D eigenvalue weighted by atomic mass is 16.5. The van der Waals surface area contributed by atoms with Crippen molar-refractivity contribution in [1.29, 1.82) is 0 Å². The molecule has 0 heterocycles. The van der Waals surface area contributed by atoms with Gasteiger partial charge in [-0.05, 0) is 50.1 Å². The number of carbonyl (C=O) groups is 1. The molecule has 4 heteroatoms. The SMILES string of the molecule is CCOc1cccc(C(=O)N(C)[C@H](CCN)Cc2ccccc2)c1. The van der Waals surface area contributed by atoms with Gasteiger partial charge in [0.25, 0.3) is 5.91 Å². The van der Waals surface area contributed by atoms with E-state index in [2.05, 4.69) is 12.1 Å². The molecule has 0 aromatic heterocycles. The Bertz CT molecular complexity index is 643. The first kappa shape index (κ1) is 18.0. The third kappa shape index (κ3) is 4.83. The Morgan fingerprint density at radius 2 is 1.92 bits per heavy atom. The minimum absolute atomic E-state index is 0.00839. The summed E-state index contributed by atoms with van der Waals surface area (Å²) < 4.78 is 5.49. The highest BCUT2D eigenvalue weighted by molar-refractivity contribution is 5.94. The molecule has 0 radical (unpaired) electrons. The number of benzene rings is 2. The average Bonchev–Trinajstić information content (AvgIpc) is 2.61. The Morgan fingerprint density at radius 3 is 2.58 bits per heavy atom. The Hall–Kier alpha value is -2.33. The number of ether oxygens (including phenoxy) is 1. The molecule has 0 unspecified atom stereocenters. The van der Waals surface area contributed by atoms with Crippen molar-refractivity contribution in [3.05, 3.63) is 65.7 Å². The second kappa shape index (κ2) is 9.08. The fraction of sp³-hybridized carbons (Fsp3) is 0.350. The zero-order valence-corrected chi connectivity index (χ0v) is 14.4. The number of hydrogen-bond donors (Lipinski definition) is 1. The van der Waals surface area contributed by atoms with Gasteiger partial charge in [0, 0.05) is 18.7 Å². The molecule has 4 nitrogen and oxygen atoms in total.